The molecule has 0 saturated heterocycles. The number of hydrogen-bond acceptors (Lipinski definition) is 4. The number of hydrogen-bond donors (Lipinski definition) is 5. The van der Waals surface area contributed by atoms with Gasteiger partial charge in [-0.1, -0.05) is 26.2 Å². The first kappa shape index (κ1) is 21.7. The van der Waals surface area contributed by atoms with Gasteiger partial charge in [-0.25, -0.2) is 0 Å². The van der Waals surface area contributed by atoms with Crippen molar-refractivity contribution in [1.82, 2.24) is 10.6 Å². The average Bonchev–Trinajstić information content (AvgIpc) is 2.50. The van der Waals surface area contributed by atoms with Crippen molar-refractivity contribution in [1.29, 1.82) is 0 Å². The maximum absolute atomic E-state index is 11.7. The number of unbranched alkanes of at least 4 members (excludes halogenated alkanes) is 2. The fourth-order valence-corrected chi connectivity index (χ4v) is 1.97. The number of carboxylic acids is 1. The summed E-state index contributed by atoms with van der Waals surface area (Å²) >= 11 is 0. The van der Waals surface area contributed by atoms with Crippen LogP contribution in [-0.4, -0.2) is 48.5 Å². The number of carboxylic acid groups (broad SMARTS) is 1. The Bertz CT molecular complexity index is 436. The van der Waals surface area contributed by atoms with Gasteiger partial charge in [-0.2, -0.15) is 0 Å². The molecule has 9 heteroatoms. The van der Waals surface area contributed by atoms with Crippen LogP contribution < -0.4 is 22.1 Å². The van der Waals surface area contributed by atoms with E-state index in [1.165, 1.54) is 0 Å². The van der Waals surface area contributed by atoms with Crippen molar-refractivity contribution in [2.75, 3.05) is 19.6 Å². The van der Waals surface area contributed by atoms with E-state index >= 15 is 0 Å². The highest BCUT2D eigenvalue weighted by Crippen LogP contribution is 2.09. The van der Waals surface area contributed by atoms with Crippen molar-refractivity contribution in [3.05, 3.63) is 0 Å². The number of nitrogens with two attached hydrogens (primary N) is 2. The number of aliphatic imine (C=N–C) groups is 1. The minimum absolute atomic E-state index is 0.0749. The standard InChI is InChI=1S/C15H29N5O4/c1-2-3-4-5-11(14(23)24)10-20-13(22)6-8-18-12(21)7-9-19-15(16)17/h11H,2-10H2,1H3,(H,18,21)(H,20,22)(H,23,24)(H4,16,17,19). The van der Waals surface area contributed by atoms with Gasteiger partial charge >= 0.3 is 5.97 Å². The number of carbonyl (C=O) groups excluding carboxylic acids is 2. The van der Waals surface area contributed by atoms with Crippen molar-refractivity contribution in [3.8, 4) is 0 Å². The number of nitrogens with one attached hydrogen (secondary N) is 2. The Balaban J connectivity index is 3.89. The van der Waals surface area contributed by atoms with Crippen molar-refractivity contribution >= 4 is 23.7 Å². The van der Waals surface area contributed by atoms with E-state index in [1.54, 1.807) is 0 Å². The van der Waals surface area contributed by atoms with Crippen LogP contribution >= 0.6 is 0 Å². The summed E-state index contributed by atoms with van der Waals surface area (Å²) in [5.74, 6) is -2.10. The second-order valence-corrected chi connectivity index (χ2v) is 5.49. The molecule has 0 aliphatic rings. The Morgan fingerprint density at radius 1 is 1.08 bits per heavy atom. The van der Waals surface area contributed by atoms with E-state index in [0.717, 1.165) is 19.3 Å². The minimum Gasteiger partial charge on any atom is -0.481 e. The van der Waals surface area contributed by atoms with Gasteiger partial charge in [0.1, 0.15) is 0 Å². The first-order chi connectivity index (χ1) is 11.4. The fraction of sp³-hybridized carbons (Fsp3) is 0.733. The highest BCUT2D eigenvalue weighted by molar-refractivity contribution is 5.80. The van der Waals surface area contributed by atoms with E-state index < -0.39 is 11.9 Å². The van der Waals surface area contributed by atoms with E-state index in [4.69, 9.17) is 16.6 Å². The molecule has 0 aromatic carbocycles. The highest BCUT2D eigenvalue weighted by atomic mass is 16.4. The molecule has 0 bridgehead atoms. The van der Waals surface area contributed by atoms with Crippen LogP contribution in [0.1, 0.15) is 45.4 Å². The summed E-state index contributed by atoms with van der Waals surface area (Å²) in [4.78, 5) is 37.9. The number of rotatable bonds is 13. The lowest BCUT2D eigenvalue weighted by molar-refractivity contribution is -0.142. The summed E-state index contributed by atoms with van der Waals surface area (Å²) in [6.45, 7) is 2.53. The predicted molar refractivity (Wildman–Crippen MR) is 91.2 cm³/mol. The molecule has 1 unspecified atom stereocenters. The molecule has 1 atom stereocenters. The third kappa shape index (κ3) is 12.2. The molecule has 0 heterocycles. The maximum atomic E-state index is 11.7. The lowest BCUT2D eigenvalue weighted by Crippen LogP contribution is -2.35. The van der Waals surface area contributed by atoms with Crippen molar-refractivity contribution in [2.45, 2.75) is 45.4 Å². The van der Waals surface area contributed by atoms with Gasteiger partial charge in [0.25, 0.3) is 0 Å². The largest absolute Gasteiger partial charge is 0.481 e. The molecule has 0 rings (SSSR count). The molecule has 2 amide bonds. The molecule has 9 nitrogen and oxygen atoms in total. The van der Waals surface area contributed by atoms with Crippen LogP contribution in [0.2, 0.25) is 0 Å². The fourth-order valence-electron chi connectivity index (χ4n) is 1.97. The van der Waals surface area contributed by atoms with Gasteiger partial charge in [0, 0.05) is 25.9 Å². The molecule has 0 aromatic heterocycles. The summed E-state index contributed by atoms with van der Waals surface area (Å²) in [6, 6.07) is 0. The zero-order valence-electron chi connectivity index (χ0n) is 14.2. The summed E-state index contributed by atoms with van der Waals surface area (Å²) in [6.07, 6.45) is 3.60. The molecule has 7 N–H and O–H groups in total. The number of aliphatic carboxylic acids is 1. The van der Waals surface area contributed by atoms with E-state index in [-0.39, 0.29) is 50.2 Å². The molecule has 0 spiro atoms. The van der Waals surface area contributed by atoms with Gasteiger partial charge in [0.15, 0.2) is 5.96 Å². The van der Waals surface area contributed by atoms with Gasteiger partial charge in [0.2, 0.25) is 11.8 Å². The molecule has 138 valence electrons. The van der Waals surface area contributed by atoms with Crippen LogP contribution in [0.3, 0.4) is 0 Å². The smallest absolute Gasteiger partial charge is 0.308 e. The number of amides is 2. The second-order valence-electron chi connectivity index (χ2n) is 5.49. The van der Waals surface area contributed by atoms with Crippen LogP contribution in [0.5, 0.6) is 0 Å². The molecule has 0 saturated carbocycles. The Hall–Kier alpha value is -2.32. The predicted octanol–water partition coefficient (Wildman–Crippen LogP) is -0.446. The van der Waals surface area contributed by atoms with Gasteiger partial charge in [-0.15, -0.1) is 0 Å². The SMILES string of the molecule is CCCCCC(CNC(=O)CCNC(=O)CCN=C(N)N)C(=O)O. The molecule has 0 fully saturated rings. The highest BCUT2D eigenvalue weighted by Gasteiger charge is 2.17. The Kier molecular flexibility index (Phi) is 11.9. The first-order valence-electron chi connectivity index (χ1n) is 8.18. The van der Waals surface area contributed by atoms with Gasteiger partial charge < -0.3 is 27.2 Å². The third-order valence-corrected chi connectivity index (χ3v) is 3.36. The number of guanidine groups is 1. The lowest BCUT2D eigenvalue weighted by atomic mass is 10.0. The number of nitrogens with zero attached hydrogens (tertiary/aromatic N) is 1. The first-order valence-corrected chi connectivity index (χ1v) is 8.18. The summed E-state index contributed by atoms with van der Waals surface area (Å²) in [5, 5.41) is 14.3. The number of carbonyl (C=O) groups is 3. The zero-order valence-corrected chi connectivity index (χ0v) is 14.2. The molecule has 0 aromatic rings. The summed E-state index contributed by atoms with van der Waals surface area (Å²) in [7, 11) is 0. The van der Waals surface area contributed by atoms with Crippen molar-refractivity contribution in [3.63, 3.8) is 0 Å². The Morgan fingerprint density at radius 3 is 2.33 bits per heavy atom. The molecular weight excluding hydrogens is 314 g/mol. The maximum Gasteiger partial charge on any atom is 0.308 e. The third-order valence-electron chi connectivity index (χ3n) is 3.36. The lowest BCUT2D eigenvalue weighted by Gasteiger charge is -2.13. The van der Waals surface area contributed by atoms with Gasteiger partial charge in [0.05, 0.1) is 12.5 Å². The van der Waals surface area contributed by atoms with Crippen LogP contribution in [0.15, 0.2) is 4.99 Å². The zero-order chi connectivity index (χ0) is 18.4. The van der Waals surface area contributed by atoms with E-state index in [9.17, 15) is 14.4 Å². The second kappa shape index (κ2) is 13.1. The normalized spacial score (nSPS) is 11.4. The van der Waals surface area contributed by atoms with E-state index in [2.05, 4.69) is 15.6 Å². The van der Waals surface area contributed by atoms with E-state index in [1.807, 2.05) is 6.92 Å². The molecule has 0 aliphatic carbocycles. The molecule has 0 radical (unpaired) electrons. The van der Waals surface area contributed by atoms with Crippen LogP contribution in [0.4, 0.5) is 0 Å². The molecule has 24 heavy (non-hydrogen) atoms. The summed E-state index contributed by atoms with van der Waals surface area (Å²) < 4.78 is 0. The van der Waals surface area contributed by atoms with Crippen LogP contribution in [-0.2, 0) is 14.4 Å². The average molecular weight is 343 g/mol. The van der Waals surface area contributed by atoms with Gasteiger partial charge in [-0.05, 0) is 6.42 Å². The van der Waals surface area contributed by atoms with Crippen molar-refractivity contribution in [2.24, 2.45) is 22.4 Å². The van der Waals surface area contributed by atoms with E-state index in [0.29, 0.717) is 6.42 Å². The Morgan fingerprint density at radius 2 is 1.75 bits per heavy atom. The molecule has 0 aliphatic heterocycles. The topological polar surface area (TPSA) is 160 Å². The van der Waals surface area contributed by atoms with Crippen LogP contribution in [0.25, 0.3) is 0 Å². The Labute approximate surface area is 142 Å². The summed E-state index contributed by atoms with van der Waals surface area (Å²) in [5.41, 5.74) is 10.3. The quantitative estimate of drug-likeness (QED) is 0.173. The molecular formula is C15H29N5O4. The van der Waals surface area contributed by atoms with Crippen LogP contribution in [0, 0.1) is 5.92 Å². The van der Waals surface area contributed by atoms with Gasteiger partial charge in [-0.3, -0.25) is 19.4 Å². The van der Waals surface area contributed by atoms with Crippen molar-refractivity contribution < 1.29 is 19.5 Å². The monoisotopic (exact) mass is 343 g/mol. The minimum atomic E-state index is -0.903.